The van der Waals surface area contributed by atoms with Crippen LogP contribution in [-0.4, -0.2) is 11.9 Å². The van der Waals surface area contributed by atoms with Crippen LogP contribution in [0.5, 0.6) is 0 Å². The van der Waals surface area contributed by atoms with Crippen LogP contribution in [0.2, 0.25) is 0 Å². The van der Waals surface area contributed by atoms with Crippen LogP contribution in [0.15, 0.2) is 12.7 Å². The lowest BCUT2D eigenvalue weighted by molar-refractivity contribution is -0.116. The molecule has 0 saturated carbocycles. The molecule has 0 radical (unpaired) electrons. The molecule has 0 aromatic rings. The maximum Gasteiger partial charge on any atom is 1.00 e. The first-order chi connectivity index (χ1) is 3.66. The maximum atomic E-state index is 10.4. The summed E-state index contributed by atoms with van der Waals surface area (Å²) >= 11 is 0. The van der Waals surface area contributed by atoms with Gasteiger partial charge in [0.05, 0.1) is 0 Å². The minimum atomic E-state index is -0.111. The molecule has 0 heterocycles. The number of carbonyl (C=O) groups is 1. The van der Waals surface area contributed by atoms with E-state index in [-0.39, 0.29) is 13.4 Å². The molecule has 46 valence electrons. The molecule has 0 aliphatic rings. The van der Waals surface area contributed by atoms with E-state index in [4.69, 9.17) is 0 Å². The van der Waals surface area contributed by atoms with Gasteiger partial charge in [-0.25, -0.2) is 0 Å². The maximum absolute atomic E-state index is 10.4. The van der Waals surface area contributed by atoms with Gasteiger partial charge in [0.2, 0.25) is 5.91 Å². The fraction of sp³-hybridized carbons (Fsp3) is 0.500. The second kappa shape index (κ2) is 3.24. The minimum Gasteiger partial charge on any atom is -0.350 e. The average Bonchev–Trinajstić information content (AvgIpc) is 1.65. The first-order valence-corrected chi connectivity index (χ1v) is 2.59. The summed E-state index contributed by atoms with van der Waals surface area (Å²) < 4.78 is 0. The Kier molecular flexibility index (Phi) is 2.92. The van der Waals surface area contributed by atoms with Gasteiger partial charge in [-0.05, 0) is 19.9 Å². The largest absolute Gasteiger partial charge is 1.00 e. The van der Waals surface area contributed by atoms with E-state index in [1.807, 2.05) is 13.8 Å². The van der Waals surface area contributed by atoms with Crippen molar-refractivity contribution in [3.63, 3.8) is 0 Å². The molecule has 1 amide bonds. The number of rotatable bonds is 2. The lowest BCUT2D eigenvalue weighted by atomic mass is 10.4. The van der Waals surface area contributed by atoms with Gasteiger partial charge in [0.1, 0.15) is 0 Å². The van der Waals surface area contributed by atoms with Gasteiger partial charge in [0, 0.05) is 6.04 Å². The van der Waals surface area contributed by atoms with Crippen molar-refractivity contribution in [3.8, 4) is 0 Å². The second-order valence-electron chi connectivity index (χ2n) is 1.87. The fourth-order valence-corrected chi connectivity index (χ4v) is 0.343. The van der Waals surface area contributed by atoms with E-state index in [0.29, 0.717) is 0 Å². The SMILES string of the molecule is C=CC(=O)NC(C)C.[H+]. The van der Waals surface area contributed by atoms with Gasteiger partial charge in [-0.2, -0.15) is 0 Å². The van der Waals surface area contributed by atoms with Crippen molar-refractivity contribution in [2.75, 3.05) is 0 Å². The number of carbonyl (C=O) groups excluding carboxylic acids is 1. The standard InChI is InChI=1S/C6H11NO/c1-4-6(8)7-5(2)3/h4-5H,1H2,2-3H3,(H,7,8)/p+1. The number of nitrogens with one attached hydrogen (secondary N) is 1. The van der Waals surface area contributed by atoms with E-state index >= 15 is 0 Å². The highest BCUT2D eigenvalue weighted by Crippen LogP contribution is 1.75. The first-order valence-electron chi connectivity index (χ1n) is 2.59. The van der Waals surface area contributed by atoms with Gasteiger partial charge >= 0.3 is 1.43 Å². The zero-order chi connectivity index (χ0) is 6.57. The Bertz CT molecular complexity index is 101. The van der Waals surface area contributed by atoms with Gasteiger partial charge in [-0.3, -0.25) is 4.79 Å². The van der Waals surface area contributed by atoms with Crippen LogP contribution in [0.25, 0.3) is 0 Å². The highest BCUT2D eigenvalue weighted by Gasteiger charge is 1.93. The molecule has 1 N–H and O–H groups in total. The molecular formula is C6H12NO+. The van der Waals surface area contributed by atoms with Crippen molar-refractivity contribution < 1.29 is 6.22 Å². The van der Waals surface area contributed by atoms with Crippen molar-refractivity contribution in [1.82, 2.24) is 5.32 Å². The summed E-state index contributed by atoms with van der Waals surface area (Å²) in [7, 11) is 0. The average molecular weight is 114 g/mol. The quantitative estimate of drug-likeness (QED) is 0.529. The van der Waals surface area contributed by atoms with Crippen molar-refractivity contribution in [2.45, 2.75) is 19.9 Å². The summed E-state index contributed by atoms with van der Waals surface area (Å²) in [4.78, 5) is 10.4. The Morgan fingerprint density at radius 2 is 2.38 bits per heavy atom. The van der Waals surface area contributed by atoms with Crippen LogP contribution in [0.4, 0.5) is 0 Å². The van der Waals surface area contributed by atoms with Crippen LogP contribution in [0.3, 0.4) is 0 Å². The molecule has 2 heteroatoms. The normalized spacial score (nSPS) is 8.88. The molecule has 0 bridgehead atoms. The summed E-state index contributed by atoms with van der Waals surface area (Å²) in [6.07, 6.45) is 1.26. The Labute approximate surface area is 51.1 Å². The van der Waals surface area contributed by atoms with E-state index in [2.05, 4.69) is 11.9 Å². The molecule has 0 unspecified atom stereocenters. The Morgan fingerprint density at radius 1 is 1.88 bits per heavy atom. The lowest BCUT2D eigenvalue weighted by Gasteiger charge is -2.02. The lowest BCUT2D eigenvalue weighted by Crippen LogP contribution is -2.27. The van der Waals surface area contributed by atoms with Crippen molar-refractivity contribution in [2.24, 2.45) is 0 Å². The van der Waals surface area contributed by atoms with Crippen LogP contribution < -0.4 is 5.32 Å². The molecule has 8 heavy (non-hydrogen) atoms. The highest BCUT2D eigenvalue weighted by molar-refractivity contribution is 5.86. The van der Waals surface area contributed by atoms with Gasteiger partial charge < -0.3 is 5.32 Å². The van der Waals surface area contributed by atoms with Crippen molar-refractivity contribution in [1.29, 1.82) is 0 Å². The molecule has 2 nitrogen and oxygen atoms in total. The minimum absolute atomic E-state index is 0. The number of hydrogen-bond donors (Lipinski definition) is 1. The molecule has 0 aromatic carbocycles. The van der Waals surface area contributed by atoms with Crippen LogP contribution in [0.1, 0.15) is 15.3 Å². The molecule has 0 rings (SSSR count). The van der Waals surface area contributed by atoms with Crippen molar-refractivity contribution >= 4 is 5.91 Å². The summed E-state index contributed by atoms with van der Waals surface area (Å²) in [5.41, 5.74) is 0. The van der Waals surface area contributed by atoms with Gasteiger partial charge in [0.25, 0.3) is 0 Å². The van der Waals surface area contributed by atoms with Crippen LogP contribution in [-0.2, 0) is 4.79 Å². The first kappa shape index (κ1) is 7.21. The smallest absolute Gasteiger partial charge is 0.350 e. The Balaban J connectivity index is 0. The molecule has 0 fully saturated rings. The van der Waals surface area contributed by atoms with E-state index < -0.39 is 0 Å². The van der Waals surface area contributed by atoms with E-state index in [0.717, 1.165) is 0 Å². The zero-order valence-corrected chi connectivity index (χ0v) is 5.27. The Hall–Kier alpha value is -0.790. The molecule has 0 aliphatic heterocycles. The van der Waals surface area contributed by atoms with E-state index in [9.17, 15) is 4.79 Å². The number of amides is 1. The molecule has 0 aromatic heterocycles. The van der Waals surface area contributed by atoms with Gasteiger partial charge in [0.15, 0.2) is 0 Å². The van der Waals surface area contributed by atoms with Crippen LogP contribution >= 0.6 is 0 Å². The predicted octanol–water partition coefficient (Wildman–Crippen LogP) is 0.809. The molecular weight excluding hydrogens is 102 g/mol. The predicted molar refractivity (Wildman–Crippen MR) is 34.6 cm³/mol. The summed E-state index contributed by atoms with van der Waals surface area (Å²) in [6, 6.07) is 0.209. The van der Waals surface area contributed by atoms with Gasteiger partial charge in [-0.15, -0.1) is 0 Å². The van der Waals surface area contributed by atoms with E-state index in [1.54, 1.807) is 0 Å². The summed E-state index contributed by atoms with van der Waals surface area (Å²) in [6.45, 7) is 7.11. The molecule has 0 saturated heterocycles. The third kappa shape index (κ3) is 3.40. The van der Waals surface area contributed by atoms with E-state index in [1.165, 1.54) is 6.08 Å². The third-order valence-corrected chi connectivity index (χ3v) is 0.616. The molecule has 0 atom stereocenters. The topological polar surface area (TPSA) is 29.1 Å². The fourth-order valence-electron chi connectivity index (χ4n) is 0.343. The number of hydrogen-bond acceptors (Lipinski definition) is 1. The zero-order valence-electron chi connectivity index (χ0n) is 6.27. The molecule has 0 spiro atoms. The molecule has 0 aliphatic carbocycles. The third-order valence-electron chi connectivity index (χ3n) is 0.616. The van der Waals surface area contributed by atoms with Crippen LogP contribution in [0, 0.1) is 0 Å². The summed E-state index contributed by atoms with van der Waals surface area (Å²) in [5.74, 6) is -0.111. The van der Waals surface area contributed by atoms with Gasteiger partial charge in [-0.1, -0.05) is 6.58 Å². The van der Waals surface area contributed by atoms with Crippen molar-refractivity contribution in [3.05, 3.63) is 12.7 Å². The Morgan fingerprint density at radius 3 is 2.50 bits per heavy atom. The highest BCUT2D eigenvalue weighted by atomic mass is 16.1. The summed E-state index contributed by atoms with van der Waals surface area (Å²) in [5, 5.41) is 2.64. The second-order valence-corrected chi connectivity index (χ2v) is 1.87. The monoisotopic (exact) mass is 114 g/mol.